The quantitative estimate of drug-likeness (QED) is 0.652. The van der Waals surface area contributed by atoms with Gasteiger partial charge in [0.2, 0.25) is 5.91 Å². The number of halogens is 1. The minimum absolute atomic E-state index is 0.0763. The predicted octanol–water partition coefficient (Wildman–Crippen LogP) is 1.78. The van der Waals surface area contributed by atoms with E-state index in [4.69, 9.17) is 11.6 Å². The standard InChI is InChI=1S/C8H16ClNO/c1-4-5-6(2)7(9)8(11)10-3/h6-7H,4-5H2,1-3H3,(H,10,11). The highest BCUT2D eigenvalue weighted by Crippen LogP contribution is 2.15. The van der Waals surface area contributed by atoms with Gasteiger partial charge in [-0.15, -0.1) is 11.6 Å². The Morgan fingerprint density at radius 3 is 2.55 bits per heavy atom. The van der Waals surface area contributed by atoms with Crippen LogP contribution in [0, 0.1) is 5.92 Å². The third-order valence-electron chi connectivity index (χ3n) is 1.74. The molecule has 0 aromatic heterocycles. The maximum absolute atomic E-state index is 11.0. The normalized spacial score (nSPS) is 15.6. The van der Waals surface area contributed by atoms with E-state index in [2.05, 4.69) is 12.2 Å². The number of hydrogen-bond donors (Lipinski definition) is 1. The van der Waals surface area contributed by atoms with Gasteiger partial charge in [-0.25, -0.2) is 0 Å². The zero-order valence-electron chi connectivity index (χ0n) is 7.36. The van der Waals surface area contributed by atoms with Gasteiger partial charge in [0.05, 0.1) is 0 Å². The van der Waals surface area contributed by atoms with Gasteiger partial charge in [-0.05, 0) is 12.3 Å². The highest BCUT2D eigenvalue weighted by Gasteiger charge is 2.19. The van der Waals surface area contributed by atoms with Crippen molar-refractivity contribution in [1.82, 2.24) is 5.32 Å². The Hall–Kier alpha value is -0.240. The number of rotatable bonds is 4. The van der Waals surface area contributed by atoms with Crippen LogP contribution in [0.15, 0.2) is 0 Å². The van der Waals surface area contributed by atoms with E-state index in [0.29, 0.717) is 0 Å². The lowest BCUT2D eigenvalue weighted by molar-refractivity contribution is -0.121. The lowest BCUT2D eigenvalue weighted by Gasteiger charge is -2.14. The van der Waals surface area contributed by atoms with E-state index < -0.39 is 0 Å². The third kappa shape index (κ3) is 3.61. The molecular formula is C8H16ClNO. The van der Waals surface area contributed by atoms with E-state index in [9.17, 15) is 4.79 Å². The first-order valence-electron chi connectivity index (χ1n) is 3.99. The van der Waals surface area contributed by atoms with Crippen LogP contribution >= 0.6 is 11.6 Å². The molecule has 2 unspecified atom stereocenters. The van der Waals surface area contributed by atoms with E-state index in [1.165, 1.54) is 0 Å². The van der Waals surface area contributed by atoms with Crippen molar-refractivity contribution < 1.29 is 4.79 Å². The Balaban J connectivity index is 3.80. The van der Waals surface area contributed by atoms with Gasteiger partial charge in [-0.1, -0.05) is 20.3 Å². The van der Waals surface area contributed by atoms with Crippen molar-refractivity contribution >= 4 is 17.5 Å². The van der Waals surface area contributed by atoms with E-state index in [1.807, 2.05) is 6.92 Å². The molecule has 0 heterocycles. The van der Waals surface area contributed by atoms with Crippen LogP contribution in [-0.4, -0.2) is 18.3 Å². The molecule has 0 rings (SSSR count). The zero-order valence-corrected chi connectivity index (χ0v) is 8.11. The van der Waals surface area contributed by atoms with Gasteiger partial charge in [-0.2, -0.15) is 0 Å². The Bertz CT molecular complexity index is 127. The number of hydrogen-bond acceptors (Lipinski definition) is 1. The molecule has 0 aromatic carbocycles. The number of amides is 1. The topological polar surface area (TPSA) is 29.1 Å². The number of carbonyl (C=O) groups is 1. The lowest BCUT2D eigenvalue weighted by Crippen LogP contribution is -2.32. The minimum atomic E-state index is -0.375. The van der Waals surface area contributed by atoms with Crippen LogP contribution in [0.2, 0.25) is 0 Å². The van der Waals surface area contributed by atoms with Crippen molar-refractivity contribution in [2.45, 2.75) is 32.1 Å². The Morgan fingerprint density at radius 2 is 2.18 bits per heavy atom. The van der Waals surface area contributed by atoms with Gasteiger partial charge in [0.1, 0.15) is 5.38 Å². The van der Waals surface area contributed by atoms with Crippen molar-refractivity contribution in [2.75, 3.05) is 7.05 Å². The number of carbonyl (C=O) groups excluding carboxylic acids is 1. The molecule has 3 heteroatoms. The van der Waals surface area contributed by atoms with Crippen LogP contribution in [0.5, 0.6) is 0 Å². The van der Waals surface area contributed by atoms with Crippen LogP contribution in [0.3, 0.4) is 0 Å². The molecule has 1 amide bonds. The molecule has 0 bridgehead atoms. The molecule has 0 radical (unpaired) electrons. The molecule has 0 spiro atoms. The largest absolute Gasteiger partial charge is 0.358 e. The van der Waals surface area contributed by atoms with Crippen molar-refractivity contribution in [2.24, 2.45) is 5.92 Å². The first-order chi connectivity index (χ1) is 5.13. The first-order valence-corrected chi connectivity index (χ1v) is 4.42. The molecule has 2 nitrogen and oxygen atoms in total. The van der Waals surface area contributed by atoms with Crippen molar-refractivity contribution in [3.8, 4) is 0 Å². The minimum Gasteiger partial charge on any atom is -0.358 e. The summed E-state index contributed by atoms with van der Waals surface area (Å²) in [6.45, 7) is 4.08. The maximum atomic E-state index is 11.0. The van der Waals surface area contributed by atoms with Crippen LogP contribution in [0.25, 0.3) is 0 Å². The molecule has 66 valence electrons. The van der Waals surface area contributed by atoms with E-state index in [-0.39, 0.29) is 17.2 Å². The molecule has 1 N–H and O–H groups in total. The second kappa shape index (κ2) is 5.42. The summed E-state index contributed by atoms with van der Waals surface area (Å²) in [5.74, 6) is 0.189. The van der Waals surface area contributed by atoms with Crippen LogP contribution in [-0.2, 0) is 4.79 Å². The van der Waals surface area contributed by atoms with Gasteiger partial charge in [-0.3, -0.25) is 4.79 Å². The molecule has 0 aromatic rings. The summed E-state index contributed by atoms with van der Waals surface area (Å²) in [6.07, 6.45) is 2.07. The third-order valence-corrected chi connectivity index (χ3v) is 2.37. The summed E-state index contributed by atoms with van der Waals surface area (Å²) in [6, 6.07) is 0. The second-order valence-electron chi connectivity index (χ2n) is 2.78. The van der Waals surface area contributed by atoms with Gasteiger partial charge in [0, 0.05) is 7.05 Å². The van der Waals surface area contributed by atoms with Crippen molar-refractivity contribution in [1.29, 1.82) is 0 Å². The SMILES string of the molecule is CCCC(C)C(Cl)C(=O)NC. The summed E-state index contributed by atoms with van der Waals surface area (Å²) in [5, 5.41) is 2.16. The smallest absolute Gasteiger partial charge is 0.238 e. The summed E-state index contributed by atoms with van der Waals surface area (Å²) in [5.41, 5.74) is 0. The van der Waals surface area contributed by atoms with E-state index in [1.54, 1.807) is 7.05 Å². The van der Waals surface area contributed by atoms with Crippen molar-refractivity contribution in [3.05, 3.63) is 0 Å². The fourth-order valence-electron chi connectivity index (χ4n) is 0.998. The molecular weight excluding hydrogens is 162 g/mol. The number of alkyl halides is 1. The Labute approximate surface area is 73.3 Å². The van der Waals surface area contributed by atoms with E-state index >= 15 is 0 Å². The summed E-state index contributed by atoms with van der Waals surface area (Å²) >= 11 is 5.85. The van der Waals surface area contributed by atoms with Gasteiger partial charge < -0.3 is 5.32 Å². The summed E-state index contributed by atoms with van der Waals surface area (Å²) in [4.78, 5) is 11.0. The number of nitrogens with one attached hydrogen (secondary N) is 1. The Kier molecular flexibility index (Phi) is 5.30. The van der Waals surface area contributed by atoms with E-state index in [0.717, 1.165) is 12.8 Å². The molecule has 11 heavy (non-hydrogen) atoms. The average Bonchev–Trinajstić information content (AvgIpc) is 2.02. The highest BCUT2D eigenvalue weighted by atomic mass is 35.5. The van der Waals surface area contributed by atoms with Crippen LogP contribution < -0.4 is 5.32 Å². The predicted molar refractivity (Wildman–Crippen MR) is 47.8 cm³/mol. The Morgan fingerprint density at radius 1 is 1.64 bits per heavy atom. The highest BCUT2D eigenvalue weighted by molar-refractivity contribution is 6.30. The summed E-state index contributed by atoms with van der Waals surface area (Å²) < 4.78 is 0. The fourth-order valence-corrected chi connectivity index (χ4v) is 1.23. The molecule has 0 saturated carbocycles. The van der Waals surface area contributed by atoms with Gasteiger partial charge in [0.25, 0.3) is 0 Å². The first kappa shape index (κ1) is 10.8. The second-order valence-corrected chi connectivity index (χ2v) is 3.25. The van der Waals surface area contributed by atoms with Crippen LogP contribution in [0.1, 0.15) is 26.7 Å². The fraction of sp³-hybridized carbons (Fsp3) is 0.875. The summed E-state index contributed by atoms with van der Waals surface area (Å²) in [7, 11) is 1.61. The molecule has 0 fully saturated rings. The van der Waals surface area contributed by atoms with Crippen LogP contribution in [0.4, 0.5) is 0 Å². The lowest BCUT2D eigenvalue weighted by atomic mass is 10.0. The van der Waals surface area contributed by atoms with Gasteiger partial charge >= 0.3 is 0 Å². The van der Waals surface area contributed by atoms with Gasteiger partial charge in [0.15, 0.2) is 0 Å². The monoisotopic (exact) mass is 177 g/mol. The zero-order chi connectivity index (χ0) is 8.85. The average molecular weight is 178 g/mol. The maximum Gasteiger partial charge on any atom is 0.238 e. The molecule has 0 aliphatic carbocycles. The molecule has 0 saturated heterocycles. The molecule has 0 aliphatic heterocycles. The molecule has 0 aliphatic rings. The van der Waals surface area contributed by atoms with Crippen molar-refractivity contribution in [3.63, 3.8) is 0 Å². The molecule has 2 atom stereocenters.